The van der Waals surface area contributed by atoms with Gasteiger partial charge in [-0.1, -0.05) is 0 Å². The number of hydrogen-bond acceptors (Lipinski definition) is 2. The van der Waals surface area contributed by atoms with E-state index < -0.39 is 11.5 Å². The zero-order valence-electron chi connectivity index (χ0n) is 6.76. The van der Waals surface area contributed by atoms with E-state index in [1.807, 2.05) is 0 Å². The van der Waals surface area contributed by atoms with Crippen LogP contribution in [0.4, 0.5) is 0 Å². The molecule has 0 aliphatic rings. The smallest absolute Gasteiger partial charge is 0.303 e. The van der Waals surface area contributed by atoms with Gasteiger partial charge in [0.15, 0.2) is 0 Å². The number of amides is 1. The number of aliphatic carboxylic acids is 1. The van der Waals surface area contributed by atoms with Gasteiger partial charge in [-0.3, -0.25) is 9.59 Å². The van der Waals surface area contributed by atoms with Gasteiger partial charge in [-0.15, -0.1) is 0 Å². The Balaban J connectivity index is 3.71. The summed E-state index contributed by atoms with van der Waals surface area (Å²) in [5.74, 6) is -0.842. The number of carboxylic acids is 1. The molecule has 2 N–H and O–H groups in total. The topological polar surface area (TPSA) is 66.4 Å². The molecular weight excluding hydrogens is 146 g/mol. The Morgan fingerprint density at radius 2 is 2.18 bits per heavy atom. The van der Waals surface area contributed by atoms with Crippen molar-refractivity contribution in [3.63, 3.8) is 0 Å². The van der Waals surface area contributed by atoms with Crippen molar-refractivity contribution >= 4 is 12.4 Å². The highest BCUT2D eigenvalue weighted by Crippen LogP contribution is 2.09. The molecule has 0 radical (unpaired) electrons. The first-order valence-electron chi connectivity index (χ1n) is 3.41. The van der Waals surface area contributed by atoms with Gasteiger partial charge < -0.3 is 10.4 Å². The Bertz CT molecular complexity index is 154. The Labute approximate surface area is 65.6 Å². The minimum absolute atomic E-state index is 0.0772. The number of carboxylic acid groups (broad SMARTS) is 1. The van der Waals surface area contributed by atoms with Crippen LogP contribution in [-0.2, 0) is 9.59 Å². The first-order chi connectivity index (χ1) is 4.98. The molecule has 0 spiro atoms. The van der Waals surface area contributed by atoms with Crippen LogP contribution in [0.1, 0.15) is 26.7 Å². The highest BCUT2D eigenvalue weighted by atomic mass is 16.4. The summed E-state index contributed by atoms with van der Waals surface area (Å²) in [6.45, 7) is 3.56. The van der Waals surface area contributed by atoms with Crippen LogP contribution in [0, 0.1) is 0 Å². The van der Waals surface area contributed by atoms with E-state index in [2.05, 4.69) is 5.32 Å². The lowest BCUT2D eigenvalue weighted by atomic mass is 9.99. The van der Waals surface area contributed by atoms with E-state index in [-0.39, 0.29) is 6.42 Å². The van der Waals surface area contributed by atoms with Crippen molar-refractivity contribution in [2.75, 3.05) is 0 Å². The molecule has 0 aliphatic heterocycles. The molecule has 0 aromatic carbocycles. The van der Waals surface area contributed by atoms with Crippen LogP contribution in [0.5, 0.6) is 0 Å². The summed E-state index contributed by atoms with van der Waals surface area (Å²) >= 11 is 0. The molecule has 0 unspecified atom stereocenters. The molecule has 0 aromatic heterocycles. The average Bonchev–Trinajstić information content (AvgIpc) is 1.84. The average molecular weight is 159 g/mol. The fourth-order valence-corrected chi connectivity index (χ4v) is 0.651. The molecule has 1 amide bonds. The number of nitrogens with one attached hydrogen (secondary N) is 1. The molecule has 0 aliphatic carbocycles. The third-order valence-corrected chi connectivity index (χ3v) is 1.41. The van der Waals surface area contributed by atoms with Crippen molar-refractivity contribution < 1.29 is 14.7 Å². The van der Waals surface area contributed by atoms with Gasteiger partial charge in [-0.05, 0) is 20.3 Å². The van der Waals surface area contributed by atoms with Gasteiger partial charge in [-0.2, -0.15) is 0 Å². The maximum absolute atomic E-state index is 10.1. The van der Waals surface area contributed by atoms with Gasteiger partial charge in [0.1, 0.15) is 0 Å². The van der Waals surface area contributed by atoms with E-state index in [0.717, 1.165) is 0 Å². The van der Waals surface area contributed by atoms with Gasteiger partial charge in [-0.25, -0.2) is 0 Å². The van der Waals surface area contributed by atoms with Gasteiger partial charge >= 0.3 is 5.97 Å². The predicted octanol–water partition coefficient (Wildman–Crippen LogP) is 0.376. The molecule has 0 aromatic rings. The maximum Gasteiger partial charge on any atom is 0.303 e. The number of rotatable bonds is 5. The molecule has 0 heterocycles. The van der Waals surface area contributed by atoms with Crippen LogP contribution >= 0.6 is 0 Å². The van der Waals surface area contributed by atoms with Gasteiger partial charge in [0, 0.05) is 12.0 Å². The molecule has 11 heavy (non-hydrogen) atoms. The van der Waals surface area contributed by atoms with Crippen LogP contribution in [0.25, 0.3) is 0 Å². The standard InChI is InChI=1S/C7H13NO3/c1-7(2,8-5-9)4-3-6(10)11/h5H,3-4H2,1-2H3,(H,8,9)(H,10,11). The second kappa shape index (κ2) is 3.95. The lowest BCUT2D eigenvalue weighted by Crippen LogP contribution is -2.38. The third-order valence-electron chi connectivity index (χ3n) is 1.41. The Morgan fingerprint density at radius 3 is 2.55 bits per heavy atom. The van der Waals surface area contributed by atoms with Crippen LogP contribution in [0.3, 0.4) is 0 Å². The summed E-state index contributed by atoms with van der Waals surface area (Å²) in [6, 6.07) is 0. The number of hydrogen-bond donors (Lipinski definition) is 2. The normalized spacial score (nSPS) is 10.7. The summed E-state index contributed by atoms with van der Waals surface area (Å²) in [4.78, 5) is 20.1. The van der Waals surface area contributed by atoms with Gasteiger partial charge in [0.05, 0.1) is 0 Å². The van der Waals surface area contributed by atoms with Crippen LogP contribution in [-0.4, -0.2) is 23.0 Å². The van der Waals surface area contributed by atoms with E-state index in [1.165, 1.54) is 0 Å². The van der Waals surface area contributed by atoms with Crippen molar-refractivity contribution in [1.82, 2.24) is 5.32 Å². The molecule has 0 saturated heterocycles. The second-order valence-electron chi connectivity index (χ2n) is 3.04. The summed E-state index contributed by atoms with van der Waals surface area (Å²) < 4.78 is 0. The van der Waals surface area contributed by atoms with Crippen molar-refractivity contribution in [3.8, 4) is 0 Å². The zero-order valence-corrected chi connectivity index (χ0v) is 6.76. The van der Waals surface area contributed by atoms with Crippen LogP contribution in [0.15, 0.2) is 0 Å². The fourth-order valence-electron chi connectivity index (χ4n) is 0.651. The van der Waals surface area contributed by atoms with Crippen molar-refractivity contribution in [2.45, 2.75) is 32.2 Å². The molecule has 0 bridgehead atoms. The molecule has 64 valence electrons. The lowest BCUT2D eigenvalue weighted by Gasteiger charge is -2.22. The minimum Gasteiger partial charge on any atom is -0.481 e. The van der Waals surface area contributed by atoms with E-state index in [9.17, 15) is 9.59 Å². The fraction of sp³-hybridized carbons (Fsp3) is 0.714. The lowest BCUT2D eigenvalue weighted by molar-refractivity contribution is -0.137. The summed E-state index contributed by atoms with van der Waals surface area (Å²) in [6.07, 6.45) is 1.11. The Morgan fingerprint density at radius 1 is 1.64 bits per heavy atom. The van der Waals surface area contributed by atoms with E-state index >= 15 is 0 Å². The summed E-state index contributed by atoms with van der Waals surface area (Å²) in [5, 5.41) is 10.9. The summed E-state index contributed by atoms with van der Waals surface area (Å²) in [5.41, 5.74) is -0.417. The Kier molecular flexibility index (Phi) is 3.57. The quantitative estimate of drug-likeness (QED) is 0.570. The SMILES string of the molecule is CC(C)(CCC(=O)O)NC=O. The van der Waals surface area contributed by atoms with E-state index in [1.54, 1.807) is 13.8 Å². The second-order valence-corrected chi connectivity index (χ2v) is 3.04. The predicted molar refractivity (Wildman–Crippen MR) is 40.1 cm³/mol. The largest absolute Gasteiger partial charge is 0.481 e. The first kappa shape index (κ1) is 9.94. The van der Waals surface area contributed by atoms with Crippen molar-refractivity contribution in [2.24, 2.45) is 0 Å². The molecule has 0 fully saturated rings. The highest BCUT2D eigenvalue weighted by Gasteiger charge is 2.16. The Hall–Kier alpha value is -1.06. The zero-order chi connectivity index (χ0) is 8.91. The third kappa shape index (κ3) is 5.39. The van der Waals surface area contributed by atoms with Crippen molar-refractivity contribution in [1.29, 1.82) is 0 Å². The maximum atomic E-state index is 10.1. The molecule has 4 nitrogen and oxygen atoms in total. The molecule has 0 rings (SSSR count). The van der Waals surface area contributed by atoms with E-state index in [0.29, 0.717) is 12.8 Å². The van der Waals surface area contributed by atoms with Crippen molar-refractivity contribution in [3.05, 3.63) is 0 Å². The van der Waals surface area contributed by atoms with E-state index in [4.69, 9.17) is 5.11 Å². The van der Waals surface area contributed by atoms with Crippen LogP contribution < -0.4 is 5.32 Å². The molecule has 0 atom stereocenters. The first-order valence-corrected chi connectivity index (χ1v) is 3.41. The summed E-state index contributed by atoms with van der Waals surface area (Å²) in [7, 11) is 0. The molecular formula is C7H13NO3. The monoisotopic (exact) mass is 159 g/mol. The van der Waals surface area contributed by atoms with Gasteiger partial charge in [0.25, 0.3) is 0 Å². The number of carbonyl (C=O) groups is 2. The minimum atomic E-state index is -0.842. The molecule has 4 heteroatoms. The molecule has 0 saturated carbocycles. The highest BCUT2D eigenvalue weighted by molar-refractivity contribution is 5.66. The number of carbonyl (C=O) groups excluding carboxylic acids is 1. The van der Waals surface area contributed by atoms with Crippen LogP contribution in [0.2, 0.25) is 0 Å². The van der Waals surface area contributed by atoms with Gasteiger partial charge in [0.2, 0.25) is 6.41 Å².